The fourth-order valence-electron chi connectivity index (χ4n) is 2.72. The molecule has 0 saturated carbocycles. The van der Waals surface area contributed by atoms with E-state index in [0.717, 1.165) is 16.7 Å². The molecule has 2 aromatic rings. The fraction of sp³-hybridized carbons (Fsp3) is 0.389. The van der Waals surface area contributed by atoms with Crippen LogP contribution in [0.2, 0.25) is 13.1 Å². The van der Waals surface area contributed by atoms with Crippen LogP contribution in [-0.2, 0) is 4.43 Å². The molecule has 1 unspecified atom stereocenters. The van der Waals surface area contributed by atoms with Crippen LogP contribution >= 0.6 is 0 Å². The van der Waals surface area contributed by atoms with Crippen LogP contribution in [-0.4, -0.2) is 14.9 Å². The Hall–Kier alpha value is -1.89. The average Bonchev–Trinajstić information content (AvgIpc) is 2.95. The van der Waals surface area contributed by atoms with E-state index in [1.54, 1.807) is 6.26 Å². The highest BCUT2D eigenvalue weighted by molar-refractivity contribution is 6.48. The van der Waals surface area contributed by atoms with Crippen LogP contribution in [0.4, 0.5) is 0 Å². The Morgan fingerprint density at radius 3 is 2.38 bits per heavy atom. The number of amides is 1. The Balaban J connectivity index is 2.65. The van der Waals surface area contributed by atoms with Crippen LogP contribution in [0.3, 0.4) is 0 Å². The van der Waals surface area contributed by atoms with Crippen molar-refractivity contribution in [2.45, 2.75) is 40.0 Å². The van der Waals surface area contributed by atoms with Gasteiger partial charge in [0.05, 0.1) is 12.4 Å². The summed E-state index contributed by atoms with van der Waals surface area (Å²) in [6.45, 7) is 10.6. The molecule has 24 heavy (non-hydrogen) atoms. The summed E-state index contributed by atoms with van der Waals surface area (Å²) in [5.74, 6) is 5.08. The molecule has 0 bridgehead atoms. The molecule has 1 aromatic heterocycles. The molecule has 0 fully saturated rings. The zero-order valence-corrected chi connectivity index (χ0v) is 16.1. The quantitative estimate of drug-likeness (QED) is 0.375. The zero-order chi connectivity index (χ0) is 17.9. The second kappa shape index (κ2) is 7.34. The Kier molecular flexibility index (Phi) is 5.64. The van der Waals surface area contributed by atoms with Gasteiger partial charge in [0.1, 0.15) is 0 Å². The summed E-state index contributed by atoms with van der Waals surface area (Å²) in [5, 5.41) is 0. The first kappa shape index (κ1) is 18.4. The summed E-state index contributed by atoms with van der Waals surface area (Å²) in [6.07, 6.45) is 1.46. The number of hydrazine groups is 1. The van der Waals surface area contributed by atoms with E-state index in [1.807, 2.05) is 30.3 Å². The number of benzene rings is 1. The molecule has 1 amide bonds. The van der Waals surface area contributed by atoms with Gasteiger partial charge in [0.25, 0.3) is 0 Å². The highest BCUT2D eigenvalue weighted by atomic mass is 28.3. The Morgan fingerprint density at radius 1 is 1.25 bits per heavy atom. The zero-order valence-electron chi connectivity index (χ0n) is 14.9. The number of nitrogen functional groups attached to an aromatic ring is 1. The molecule has 3 N–H and O–H groups in total. The molecular formula is C18H26N2O3Si. The van der Waals surface area contributed by atoms with Crippen LogP contribution in [0.5, 0.6) is 0 Å². The van der Waals surface area contributed by atoms with E-state index in [1.165, 1.54) is 0 Å². The highest BCUT2D eigenvalue weighted by Crippen LogP contribution is 2.43. The summed E-state index contributed by atoms with van der Waals surface area (Å²) in [4.78, 5) is 12.2. The molecule has 1 heterocycles. The third kappa shape index (κ3) is 3.95. The molecule has 0 radical (unpaired) electrons. The number of carbonyl (C=O) groups is 1. The number of furan rings is 1. The summed E-state index contributed by atoms with van der Waals surface area (Å²) < 4.78 is 11.9. The smallest absolute Gasteiger partial charge is 0.301 e. The minimum Gasteiger partial charge on any atom is -0.458 e. The molecule has 6 heteroatoms. The van der Waals surface area contributed by atoms with Gasteiger partial charge < -0.3 is 8.84 Å². The molecule has 5 nitrogen and oxygen atoms in total. The van der Waals surface area contributed by atoms with Gasteiger partial charge in [0.15, 0.2) is 9.04 Å². The lowest BCUT2D eigenvalue weighted by molar-refractivity contribution is 0.0864. The first-order valence-electron chi connectivity index (χ1n) is 8.09. The predicted octanol–water partition coefficient (Wildman–Crippen LogP) is 3.64. The lowest BCUT2D eigenvalue weighted by Crippen LogP contribution is -2.30. The number of carbonyl (C=O) groups excluding carboxylic acids is 1. The van der Waals surface area contributed by atoms with Crippen molar-refractivity contribution in [2.24, 2.45) is 11.3 Å². The van der Waals surface area contributed by atoms with Crippen molar-refractivity contribution in [3.63, 3.8) is 0 Å². The minimum absolute atomic E-state index is 0.138. The largest absolute Gasteiger partial charge is 0.458 e. The van der Waals surface area contributed by atoms with Gasteiger partial charge in [-0.25, -0.2) is 5.84 Å². The third-order valence-electron chi connectivity index (χ3n) is 3.70. The summed E-state index contributed by atoms with van der Waals surface area (Å²) in [6, 6.07) is 9.70. The monoisotopic (exact) mass is 346 g/mol. The van der Waals surface area contributed by atoms with Gasteiger partial charge >= 0.3 is 5.91 Å². The van der Waals surface area contributed by atoms with E-state index in [0.29, 0.717) is 0 Å². The molecule has 2 rings (SSSR count). The molecule has 0 aliphatic rings. The van der Waals surface area contributed by atoms with Gasteiger partial charge in [-0.2, -0.15) is 0 Å². The average molecular weight is 347 g/mol. The fourth-order valence-corrected chi connectivity index (χ4v) is 3.81. The first-order chi connectivity index (χ1) is 11.3. The maximum absolute atomic E-state index is 12.2. The van der Waals surface area contributed by atoms with E-state index in [-0.39, 0.29) is 17.3 Å². The number of hydrogen-bond acceptors (Lipinski definition) is 4. The van der Waals surface area contributed by atoms with Crippen molar-refractivity contribution in [1.29, 1.82) is 0 Å². The lowest BCUT2D eigenvalue weighted by atomic mass is 9.83. The van der Waals surface area contributed by atoms with E-state index in [9.17, 15) is 4.79 Å². The van der Waals surface area contributed by atoms with Crippen molar-refractivity contribution in [3.8, 4) is 11.1 Å². The molecule has 0 saturated heterocycles. The standard InChI is InChI=1S/C18H26N2O3Si/c1-18(2,3)16(23-24(4)5)13-11-22-15(17(21)20-19)14(13)12-9-7-6-8-10-12/h6-11,16,24H,19H2,1-5H3,(H,20,21). The van der Waals surface area contributed by atoms with Crippen molar-refractivity contribution in [2.75, 3.05) is 0 Å². The van der Waals surface area contributed by atoms with Crippen LogP contribution in [0.25, 0.3) is 11.1 Å². The number of hydrogen-bond donors (Lipinski definition) is 2. The molecule has 130 valence electrons. The van der Waals surface area contributed by atoms with Crippen molar-refractivity contribution in [3.05, 3.63) is 47.9 Å². The summed E-state index contributed by atoms with van der Waals surface area (Å²) in [7, 11) is -1.30. The predicted molar refractivity (Wildman–Crippen MR) is 98.0 cm³/mol. The molecule has 0 aliphatic carbocycles. The Morgan fingerprint density at radius 2 is 1.88 bits per heavy atom. The topological polar surface area (TPSA) is 77.5 Å². The maximum Gasteiger partial charge on any atom is 0.301 e. The van der Waals surface area contributed by atoms with E-state index >= 15 is 0 Å². The Bertz CT molecular complexity index is 690. The van der Waals surface area contributed by atoms with E-state index < -0.39 is 14.9 Å². The first-order valence-corrected chi connectivity index (χ1v) is 10.9. The second-order valence-electron chi connectivity index (χ2n) is 7.17. The van der Waals surface area contributed by atoms with Crippen LogP contribution in [0.1, 0.15) is 43.0 Å². The molecule has 0 aliphatic heterocycles. The van der Waals surface area contributed by atoms with E-state index in [4.69, 9.17) is 14.7 Å². The molecule has 0 spiro atoms. The van der Waals surface area contributed by atoms with Gasteiger partial charge in [-0.3, -0.25) is 10.2 Å². The number of nitrogens with one attached hydrogen (secondary N) is 1. The van der Waals surface area contributed by atoms with Crippen molar-refractivity contribution < 1.29 is 13.6 Å². The molecule has 1 atom stereocenters. The summed E-state index contributed by atoms with van der Waals surface area (Å²) >= 11 is 0. The van der Waals surface area contributed by atoms with Gasteiger partial charge in [0.2, 0.25) is 5.76 Å². The van der Waals surface area contributed by atoms with Gasteiger partial charge in [-0.1, -0.05) is 51.1 Å². The molecule has 1 aromatic carbocycles. The van der Waals surface area contributed by atoms with Crippen molar-refractivity contribution >= 4 is 14.9 Å². The highest BCUT2D eigenvalue weighted by Gasteiger charge is 2.34. The van der Waals surface area contributed by atoms with Crippen molar-refractivity contribution in [1.82, 2.24) is 5.43 Å². The second-order valence-corrected chi connectivity index (χ2v) is 9.54. The normalized spacial score (nSPS) is 13.1. The van der Waals surface area contributed by atoms with Gasteiger partial charge in [-0.05, 0) is 24.1 Å². The Labute approximate surface area is 144 Å². The SMILES string of the molecule is C[SiH](C)OC(c1coc(C(=O)NN)c1-c1ccccc1)C(C)(C)C. The van der Waals surface area contributed by atoms with Crippen LogP contribution < -0.4 is 11.3 Å². The number of nitrogens with two attached hydrogens (primary N) is 1. The third-order valence-corrected chi connectivity index (χ3v) is 4.51. The van der Waals surface area contributed by atoms with E-state index in [2.05, 4.69) is 39.3 Å². The maximum atomic E-state index is 12.2. The number of rotatable bonds is 5. The minimum atomic E-state index is -1.30. The summed E-state index contributed by atoms with van der Waals surface area (Å²) in [5.41, 5.74) is 4.55. The van der Waals surface area contributed by atoms with Gasteiger partial charge in [0, 0.05) is 11.1 Å². The van der Waals surface area contributed by atoms with Gasteiger partial charge in [-0.15, -0.1) is 0 Å². The van der Waals surface area contributed by atoms with Crippen LogP contribution in [0, 0.1) is 5.41 Å². The lowest BCUT2D eigenvalue weighted by Gasteiger charge is -2.32. The molecular weight excluding hydrogens is 320 g/mol. The van der Waals surface area contributed by atoms with Crippen LogP contribution in [0.15, 0.2) is 41.0 Å².